The molecular formula is C14H23NO2. The quantitative estimate of drug-likeness (QED) is 0.766. The maximum Gasteiger partial charge on any atom is 0.0745 e. The largest absolute Gasteiger partial charge is 0.550 e. The molecule has 96 valence electrons. The number of hydrogen-bond acceptors (Lipinski definition) is 2. The van der Waals surface area contributed by atoms with E-state index in [0.29, 0.717) is 11.8 Å². The summed E-state index contributed by atoms with van der Waals surface area (Å²) < 4.78 is 0. The lowest BCUT2D eigenvalue weighted by Crippen LogP contribution is -2.57. The van der Waals surface area contributed by atoms with E-state index in [1.807, 2.05) is 0 Å². The molecule has 0 heterocycles. The molecule has 0 aromatic heterocycles. The van der Waals surface area contributed by atoms with Crippen molar-refractivity contribution in [2.75, 3.05) is 6.54 Å². The number of carbonyl (C=O) groups is 1. The van der Waals surface area contributed by atoms with E-state index in [1.54, 1.807) is 0 Å². The van der Waals surface area contributed by atoms with Crippen LogP contribution in [0.25, 0.3) is 0 Å². The fourth-order valence-electron chi connectivity index (χ4n) is 5.83. The molecule has 4 aliphatic rings. The summed E-state index contributed by atoms with van der Waals surface area (Å²) in [6.45, 7) is 1.00. The number of rotatable bonds is 4. The van der Waals surface area contributed by atoms with Crippen LogP contribution < -0.4 is 10.8 Å². The minimum absolute atomic E-state index is 0.0953. The third-order valence-corrected chi connectivity index (χ3v) is 5.53. The van der Waals surface area contributed by atoms with Crippen molar-refractivity contribution in [2.45, 2.75) is 51.4 Å². The zero-order chi connectivity index (χ0) is 12.1. The van der Waals surface area contributed by atoms with Gasteiger partial charge in [0.1, 0.15) is 0 Å². The predicted octanol–water partition coefficient (Wildman–Crippen LogP) is 0.345. The van der Waals surface area contributed by atoms with Gasteiger partial charge in [0, 0.05) is 12.4 Å². The summed E-state index contributed by atoms with van der Waals surface area (Å²) >= 11 is 0. The van der Waals surface area contributed by atoms with E-state index in [9.17, 15) is 9.90 Å². The molecule has 0 saturated heterocycles. The maximum atomic E-state index is 11.0. The molecule has 0 aromatic carbocycles. The lowest BCUT2D eigenvalue weighted by Gasteiger charge is -2.62. The number of carbonyl (C=O) groups excluding carboxylic acids is 1. The van der Waals surface area contributed by atoms with Gasteiger partial charge in [0.15, 0.2) is 0 Å². The molecule has 4 bridgehead atoms. The van der Waals surface area contributed by atoms with Crippen LogP contribution in [0.15, 0.2) is 0 Å². The topological polar surface area (TPSA) is 67.8 Å². The predicted molar refractivity (Wildman–Crippen MR) is 61.5 cm³/mol. The van der Waals surface area contributed by atoms with E-state index in [4.69, 9.17) is 0 Å². The second-order valence-corrected chi connectivity index (χ2v) is 7.11. The highest BCUT2D eigenvalue weighted by atomic mass is 16.4. The van der Waals surface area contributed by atoms with Gasteiger partial charge >= 0.3 is 0 Å². The maximum absolute atomic E-state index is 11.0. The summed E-state index contributed by atoms with van der Waals surface area (Å²) in [7, 11) is 0. The van der Waals surface area contributed by atoms with Crippen LogP contribution in [0.5, 0.6) is 0 Å². The highest BCUT2D eigenvalue weighted by Crippen LogP contribution is 2.67. The van der Waals surface area contributed by atoms with Crippen LogP contribution in [0, 0.1) is 22.7 Å². The van der Waals surface area contributed by atoms with E-state index in [-0.39, 0.29) is 5.41 Å². The number of quaternary nitrogens is 1. The van der Waals surface area contributed by atoms with E-state index >= 15 is 0 Å². The number of hydrogen-bond donors (Lipinski definition) is 1. The Balaban J connectivity index is 1.86. The third-order valence-electron chi connectivity index (χ3n) is 5.53. The normalized spacial score (nSPS) is 47.4. The third kappa shape index (κ3) is 1.88. The average molecular weight is 237 g/mol. The molecule has 4 fully saturated rings. The first kappa shape index (κ1) is 11.5. The smallest absolute Gasteiger partial charge is 0.0745 e. The molecule has 2 atom stereocenters. The number of aliphatic carboxylic acids is 1. The summed E-state index contributed by atoms with van der Waals surface area (Å²) in [5, 5.41) is 11.0. The lowest BCUT2D eigenvalue weighted by atomic mass is 9.43. The van der Waals surface area contributed by atoms with Crippen molar-refractivity contribution >= 4 is 5.97 Å². The van der Waals surface area contributed by atoms with E-state index in [0.717, 1.165) is 37.6 Å². The van der Waals surface area contributed by atoms with Gasteiger partial charge in [-0.15, -0.1) is 0 Å². The Morgan fingerprint density at radius 3 is 2.29 bits per heavy atom. The molecule has 0 aromatic rings. The molecule has 17 heavy (non-hydrogen) atoms. The number of carboxylic acids is 1. The van der Waals surface area contributed by atoms with Crippen LogP contribution in [0.1, 0.15) is 51.4 Å². The van der Waals surface area contributed by atoms with Crippen LogP contribution in [0.4, 0.5) is 0 Å². The molecule has 4 aliphatic carbocycles. The summed E-state index contributed by atoms with van der Waals surface area (Å²) in [6.07, 6.45) is 8.98. The monoisotopic (exact) mass is 237 g/mol. The number of carboxylic acid groups (broad SMARTS) is 1. The van der Waals surface area contributed by atoms with Crippen molar-refractivity contribution < 1.29 is 15.6 Å². The Kier molecular flexibility index (Phi) is 2.51. The Bertz CT molecular complexity index is 325. The van der Waals surface area contributed by atoms with Crippen LogP contribution in [-0.4, -0.2) is 12.5 Å². The van der Waals surface area contributed by atoms with Crippen molar-refractivity contribution in [1.82, 2.24) is 0 Å². The van der Waals surface area contributed by atoms with Crippen molar-refractivity contribution in [3.05, 3.63) is 0 Å². The molecule has 4 rings (SSSR count). The van der Waals surface area contributed by atoms with E-state index in [2.05, 4.69) is 5.73 Å². The molecule has 0 aliphatic heterocycles. The Morgan fingerprint density at radius 2 is 1.76 bits per heavy atom. The first-order chi connectivity index (χ1) is 8.05. The Labute approximate surface area is 103 Å². The van der Waals surface area contributed by atoms with Gasteiger partial charge in [0.05, 0.1) is 6.54 Å². The molecule has 0 radical (unpaired) electrons. The van der Waals surface area contributed by atoms with Gasteiger partial charge < -0.3 is 15.6 Å². The summed E-state index contributed by atoms with van der Waals surface area (Å²) in [5.74, 6) is 0.751. The van der Waals surface area contributed by atoms with Crippen molar-refractivity contribution in [1.29, 1.82) is 0 Å². The van der Waals surface area contributed by atoms with Gasteiger partial charge in [-0.3, -0.25) is 0 Å². The molecule has 4 saturated carbocycles. The zero-order valence-electron chi connectivity index (χ0n) is 10.5. The lowest BCUT2D eigenvalue weighted by molar-refractivity contribution is -0.375. The van der Waals surface area contributed by atoms with Crippen LogP contribution >= 0.6 is 0 Å². The summed E-state index contributed by atoms with van der Waals surface area (Å²) in [5.41, 5.74) is 4.56. The summed E-state index contributed by atoms with van der Waals surface area (Å²) in [6, 6.07) is 0. The minimum Gasteiger partial charge on any atom is -0.550 e. The second kappa shape index (κ2) is 3.71. The van der Waals surface area contributed by atoms with E-state index < -0.39 is 5.97 Å². The molecule has 3 N–H and O–H groups in total. The molecule has 0 amide bonds. The van der Waals surface area contributed by atoms with Gasteiger partial charge in [-0.25, -0.2) is 0 Å². The van der Waals surface area contributed by atoms with Crippen LogP contribution in [0.2, 0.25) is 0 Å². The van der Waals surface area contributed by atoms with Crippen LogP contribution in [-0.2, 0) is 4.79 Å². The first-order valence-electron chi connectivity index (χ1n) is 7.04. The SMILES string of the molecule is [NH3+]CCC12C[C@H]3C[C@H](C1)CC(CC(=O)[O-])(C3)C2. The highest BCUT2D eigenvalue weighted by Gasteiger charge is 2.57. The van der Waals surface area contributed by atoms with Gasteiger partial charge in [0.2, 0.25) is 0 Å². The van der Waals surface area contributed by atoms with Gasteiger partial charge in [-0.1, -0.05) is 0 Å². The van der Waals surface area contributed by atoms with Gasteiger partial charge in [-0.2, -0.15) is 0 Å². The van der Waals surface area contributed by atoms with Gasteiger partial charge in [0.25, 0.3) is 0 Å². The highest BCUT2D eigenvalue weighted by molar-refractivity contribution is 5.65. The minimum atomic E-state index is -0.836. The zero-order valence-corrected chi connectivity index (χ0v) is 10.5. The average Bonchev–Trinajstić information content (AvgIpc) is 2.11. The Morgan fingerprint density at radius 1 is 1.18 bits per heavy atom. The van der Waals surface area contributed by atoms with Crippen LogP contribution in [0.3, 0.4) is 0 Å². The van der Waals surface area contributed by atoms with Gasteiger partial charge in [-0.05, 0) is 67.6 Å². The van der Waals surface area contributed by atoms with Crippen molar-refractivity contribution in [3.8, 4) is 0 Å². The van der Waals surface area contributed by atoms with E-state index in [1.165, 1.54) is 25.7 Å². The van der Waals surface area contributed by atoms with Crippen molar-refractivity contribution in [2.24, 2.45) is 22.7 Å². The second-order valence-electron chi connectivity index (χ2n) is 7.11. The molecule has 3 nitrogen and oxygen atoms in total. The first-order valence-corrected chi connectivity index (χ1v) is 7.04. The molecule has 0 spiro atoms. The fourth-order valence-corrected chi connectivity index (χ4v) is 5.83. The molecular weight excluding hydrogens is 214 g/mol. The standard InChI is InChI=1S/C14H23NO2/c15-2-1-13-4-10-3-11(5-13)7-14(6-10,9-13)8-12(16)17/h10-11H,1-9,15H2,(H,16,17)/t10-,11-,13?,14?/m1/s1. The van der Waals surface area contributed by atoms with Crippen molar-refractivity contribution in [3.63, 3.8) is 0 Å². The Hall–Kier alpha value is -0.570. The summed E-state index contributed by atoms with van der Waals surface area (Å²) in [4.78, 5) is 11.0. The molecule has 0 unspecified atom stereocenters. The fraction of sp³-hybridized carbons (Fsp3) is 0.929. The molecule has 3 heteroatoms.